The molecule has 50 heavy (non-hydrogen) atoms. The van der Waals surface area contributed by atoms with E-state index in [-0.39, 0.29) is 18.2 Å². The number of pyridine rings is 1. The number of fused-ring (bicyclic) bond motifs is 2. The van der Waals surface area contributed by atoms with Gasteiger partial charge in [0.05, 0.1) is 23.0 Å². The Labute approximate surface area is 295 Å². The van der Waals surface area contributed by atoms with Gasteiger partial charge in [-0.3, -0.25) is 14.8 Å². The minimum Gasteiger partial charge on any atom is -0.492 e. The van der Waals surface area contributed by atoms with Gasteiger partial charge in [0.25, 0.3) is 5.91 Å². The molecule has 0 unspecified atom stereocenters. The monoisotopic (exact) mass is 693 g/mol. The number of para-hydroxylation sites is 1. The first-order valence-corrected chi connectivity index (χ1v) is 18.4. The average Bonchev–Trinajstić information content (AvgIpc) is 3.72. The molecule has 12 heteroatoms. The zero-order valence-corrected chi connectivity index (χ0v) is 29.4. The molecule has 1 fully saturated rings. The maximum Gasteiger partial charge on any atom is 0.357 e. The maximum atomic E-state index is 13.8. The van der Waals surface area contributed by atoms with E-state index >= 15 is 0 Å². The SMILES string of the molecule is CCOC(=O)c1nc(N2CCc3c(OCCN)ccc(C(=O)Nc4nc5ccccc5s4)c3C2)ccc1-c1cnn(CC2CCCCC2)c1C. The van der Waals surface area contributed by atoms with E-state index in [1.807, 2.05) is 48.7 Å². The number of thiazole rings is 1. The van der Waals surface area contributed by atoms with Crippen LogP contribution in [-0.2, 0) is 24.2 Å². The van der Waals surface area contributed by atoms with E-state index in [0.29, 0.717) is 60.7 Å². The third-order valence-corrected chi connectivity index (χ3v) is 10.7. The Morgan fingerprint density at radius 3 is 2.66 bits per heavy atom. The summed E-state index contributed by atoms with van der Waals surface area (Å²) < 4.78 is 14.6. The zero-order valence-electron chi connectivity index (χ0n) is 28.6. The fraction of sp³-hybridized carbons (Fsp3) is 0.395. The number of aromatic nitrogens is 4. The summed E-state index contributed by atoms with van der Waals surface area (Å²) in [5, 5.41) is 8.29. The molecule has 2 aliphatic rings. The molecule has 7 rings (SSSR count). The van der Waals surface area contributed by atoms with E-state index < -0.39 is 5.97 Å². The van der Waals surface area contributed by atoms with E-state index in [0.717, 1.165) is 44.9 Å². The van der Waals surface area contributed by atoms with Crippen molar-refractivity contribution in [2.24, 2.45) is 11.7 Å². The molecule has 0 saturated heterocycles. The van der Waals surface area contributed by atoms with E-state index in [4.69, 9.17) is 25.3 Å². The van der Waals surface area contributed by atoms with E-state index in [9.17, 15) is 9.59 Å². The molecular weight excluding hydrogens is 651 g/mol. The van der Waals surface area contributed by atoms with Crippen LogP contribution in [-0.4, -0.2) is 57.9 Å². The Morgan fingerprint density at radius 1 is 1.02 bits per heavy atom. The molecule has 1 saturated carbocycles. The second-order valence-corrected chi connectivity index (χ2v) is 14.0. The van der Waals surface area contributed by atoms with Crippen molar-refractivity contribution in [1.29, 1.82) is 0 Å². The Morgan fingerprint density at radius 2 is 1.86 bits per heavy atom. The lowest BCUT2D eigenvalue weighted by molar-refractivity contribution is 0.0520. The molecule has 260 valence electrons. The van der Waals surface area contributed by atoms with Gasteiger partial charge in [0, 0.05) is 54.1 Å². The molecule has 1 aliphatic carbocycles. The zero-order chi connectivity index (χ0) is 34.6. The van der Waals surface area contributed by atoms with Crippen LogP contribution in [0.3, 0.4) is 0 Å². The molecule has 0 atom stereocenters. The number of amides is 1. The largest absolute Gasteiger partial charge is 0.492 e. The van der Waals surface area contributed by atoms with Crippen LogP contribution in [0.1, 0.15) is 76.7 Å². The number of anilines is 2. The quantitative estimate of drug-likeness (QED) is 0.144. The third-order valence-electron chi connectivity index (χ3n) is 9.73. The number of benzene rings is 2. The Kier molecular flexibility index (Phi) is 10.1. The van der Waals surface area contributed by atoms with Gasteiger partial charge in [-0.15, -0.1) is 0 Å². The predicted molar refractivity (Wildman–Crippen MR) is 196 cm³/mol. The number of nitrogens with zero attached hydrogens (tertiary/aromatic N) is 5. The van der Waals surface area contributed by atoms with Gasteiger partial charge in [0.2, 0.25) is 0 Å². The number of rotatable bonds is 11. The number of nitrogens with two attached hydrogens (primary N) is 1. The molecule has 0 radical (unpaired) electrons. The molecule has 4 heterocycles. The number of hydrogen-bond donors (Lipinski definition) is 2. The van der Waals surface area contributed by atoms with Gasteiger partial charge in [-0.25, -0.2) is 14.8 Å². The first-order valence-electron chi connectivity index (χ1n) is 17.5. The minimum absolute atomic E-state index is 0.236. The maximum absolute atomic E-state index is 13.8. The van der Waals surface area contributed by atoms with Crippen molar-refractivity contribution >= 4 is 44.4 Å². The summed E-state index contributed by atoms with van der Waals surface area (Å²) in [5.74, 6) is 1.24. The molecule has 11 nitrogen and oxygen atoms in total. The van der Waals surface area contributed by atoms with Crippen LogP contribution < -0.4 is 20.7 Å². The highest BCUT2D eigenvalue weighted by molar-refractivity contribution is 7.22. The Bertz CT molecular complexity index is 1980. The molecule has 1 aliphatic heterocycles. The first kappa shape index (κ1) is 33.7. The normalized spacial score (nSPS) is 14.8. The highest BCUT2D eigenvalue weighted by Crippen LogP contribution is 2.36. The van der Waals surface area contributed by atoms with Gasteiger partial charge >= 0.3 is 5.97 Å². The van der Waals surface area contributed by atoms with Crippen LogP contribution in [0.15, 0.2) is 54.7 Å². The molecule has 3 aromatic heterocycles. The van der Waals surface area contributed by atoms with Crippen molar-refractivity contribution < 1.29 is 19.1 Å². The minimum atomic E-state index is -0.477. The molecule has 5 aromatic rings. The third kappa shape index (κ3) is 6.95. The summed E-state index contributed by atoms with van der Waals surface area (Å²) in [7, 11) is 0. The Balaban J connectivity index is 1.20. The summed E-state index contributed by atoms with van der Waals surface area (Å²) >= 11 is 1.44. The lowest BCUT2D eigenvalue weighted by Crippen LogP contribution is -2.33. The van der Waals surface area contributed by atoms with Crippen molar-refractivity contribution in [3.63, 3.8) is 0 Å². The van der Waals surface area contributed by atoms with Crippen molar-refractivity contribution in [3.05, 3.63) is 82.8 Å². The van der Waals surface area contributed by atoms with Crippen molar-refractivity contribution in [2.75, 3.05) is 36.5 Å². The van der Waals surface area contributed by atoms with Crippen LogP contribution in [0.4, 0.5) is 10.9 Å². The van der Waals surface area contributed by atoms with Gasteiger partial charge in [-0.05, 0) is 81.0 Å². The van der Waals surface area contributed by atoms with E-state index in [1.54, 1.807) is 13.0 Å². The highest BCUT2D eigenvalue weighted by Gasteiger charge is 2.28. The van der Waals surface area contributed by atoms with E-state index in [2.05, 4.69) is 26.8 Å². The molecular formula is C38H43N7O4S. The average molecular weight is 694 g/mol. The molecule has 1 amide bonds. The van der Waals surface area contributed by atoms with Gasteiger partial charge in [0.15, 0.2) is 10.8 Å². The number of carbonyl (C=O) groups is 2. The van der Waals surface area contributed by atoms with Crippen molar-refractivity contribution in [1.82, 2.24) is 19.7 Å². The van der Waals surface area contributed by atoms with Gasteiger partial charge in [-0.2, -0.15) is 5.10 Å². The van der Waals surface area contributed by atoms with Crippen molar-refractivity contribution in [3.8, 4) is 16.9 Å². The molecule has 2 aromatic carbocycles. The summed E-state index contributed by atoms with van der Waals surface area (Å²) in [4.78, 5) is 38.8. The topological polar surface area (TPSA) is 137 Å². The summed E-state index contributed by atoms with van der Waals surface area (Å²) in [6.07, 6.45) is 8.76. The van der Waals surface area contributed by atoms with Crippen LogP contribution in [0, 0.1) is 12.8 Å². The van der Waals surface area contributed by atoms with Crippen LogP contribution in [0.2, 0.25) is 0 Å². The summed E-state index contributed by atoms with van der Waals surface area (Å²) in [6.45, 7) is 6.72. The lowest BCUT2D eigenvalue weighted by atomic mass is 9.89. The second kappa shape index (κ2) is 15.0. The lowest BCUT2D eigenvalue weighted by Gasteiger charge is -2.32. The number of ether oxygens (including phenoxy) is 2. The molecule has 0 spiro atoms. The number of carbonyl (C=O) groups excluding carboxylic acids is 2. The smallest absolute Gasteiger partial charge is 0.357 e. The van der Waals surface area contributed by atoms with Crippen LogP contribution >= 0.6 is 11.3 Å². The predicted octanol–water partition coefficient (Wildman–Crippen LogP) is 6.77. The first-order chi connectivity index (χ1) is 24.4. The summed E-state index contributed by atoms with van der Waals surface area (Å²) in [6, 6.07) is 15.3. The number of nitrogens with one attached hydrogen (secondary N) is 1. The standard InChI is InChI=1S/C38H43N7O4S/c1-3-48-37(47)35-27(29-21-40-45(24(29)2)22-25-9-5-4-6-10-25)14-16-34(42-35)44-19-17-26-30(23-44)28(13-15-32(26)49-20-18-39)36(46)43-38-41-31-11-7-8-12-33(31)50-38/h7-8,11-16,21,25H,3-6,9-10,17-20,22-23,39H2,1-2H3,(H,41,43,46). The van der Waals surface area contributed by atoms with Crippen LogP contribution in [0.25, 0.3) is 21.3 Å². The highest BCUT2D eigenvalue weighted by atomic mass is 32.1. The molecule has 3 N–H and O–H groups in total. The Hall–Kier alpha value is -4.81. The van der Waals surface area contributed by atoms with Gasteiger partial charge in [-0.1, -0.05) is 42.7 Å². The fourth-order valence-corrected chi connectivity index (χ4v) is 8.01. The van der Waals surface area contributed by atoms with Crippen LogP contribution in [0.5, 0.6) is 5.75 Å². The van der Waals surface area contributed by atoms with Gasteiger partial charge < -0.3 is 20.1 Å². The number of esters is 1. The summed E-state index contributed by atoms with van der Waals surface area (Å²) in [5.41, 5.74) is 11.8. The second-order valence-electron chi connectivity index (χ2n) is 12.9. The fourth-order valence-electron chi connectivity index (χ4n) is 7.15. The molecule has 0 bridgehead atoms. The van der Waals surface area contributed by atoms with E-state index in [1.165, 1.54) is 43.4 Å². The van der Waals surface area contributed by atoms with Gasteiger partial charge in [0.1, 0.15) is 18.2 Å². The van der Waals surface area contributed by atoms with Crippen molar-refractivity contribution in [2.45, 2.75) is 65.5 Å². The number of hydrogen-bond acceptors (Lipinski definition) is 10.